The Labute approximate surface area is 235 Å². The van der Waals surface area contributed by atoms with E-state index in [9.17, 15) is 13.5 Å². The van der Waals surface area contributed by atoms with Gasteiger partial charge < -0.3 is 22.4 Å². The van der Waals surface area contributed by atoms with Gasteiger partial charge in [0.25, 0.3) is 0 Å². The molecule has 1 aliphatic rings. The summed E-state index contributed by atoms with van der Waals surface area (Å²) in [7, 11) is 0.318. The van der Waals surface area contributed by atoms with Crippen LogP contribution in [0.1, 0.15) is 69.6 Å². The molecule has 1 aromatic heterocycles. The predicted octanol–water partition coefficient (Wildman–Crippen LogP) is 2.60. The Morgan fingerprint density at radius 1 is 1.03 bits per heavy atom. The van der Waals surface area contributed by atoms with Gasteiger partial charge in [-0.25, -0.2) is 13.0 Å². The molecular formula is C31H43ClN2O3S. The second kappa shape index (κ2) is 13.1. The van der Waals surface area contributed by atoms with Crippen LogP contribution in [0.5, 0.6) is 0 Å². The van der Waals surface area contributed by atoms with E-state index in [1.807, 2.05) is 80.8 Å². The summed E-state index contributed by atoms with van der Waals surface area (Å²) in [6.07, 6.45) is 6.39. The Bertz CT molecular complexity index is 1300. The second-order valence-corrected chi connectivity index (χ2v) is 12.4. The van der Waals surface area contributed by atoms with Crippen LogP contribution in [0.25, 0.3) is 0 Å². The lowest BCUT2D eigenvalue weighted by Crippen LogP contribution is -3.00. The number of hydrogen-bond donors (Lipinski definition) is 1. The molecule has 1 N–H and O–H groups in total. The Morgan fingerprint density at radius 3 is 2.37 bits per heavy atom. The molecule has 0 spiro atoms. The molecule has 5 nitrogen and oxygen atoms in total. The fraction of sp³-hybridized carbons (Fsp3) is 0.452. The zero-order valence-electron chi connectivity index (χ0n) is 22.3. The minimum Gasteiger partial charge on any atom is -1.00 e. The van der Waals surface area contributed by atoms with Gasteiger partial charge in [-0.2, -0.15) is 0 Å². The van der Waals surface area contributed by atoms with Crippen molar-refractivity contribution in [2.24, 2.45) is 5.41 Å². The number of anilines is 1. The van der Waals surface area contributed by atoms with Gasteiger partial charge in [-0.1, -0.05) is 58.4 Å². The molecule has 0 radical (unpaired) electrons. The van der Waals surface area contributed by atoms with Crippen LogP contribution in [0.4, 0.5) is 5.69 Å². The van der Waals surface area contributed by atoms with Crippen molar-refractivity contribution in [3.05, 3.63) is 89.7 Å². The molecule has 0 aliphatic carbocycles. The number of aromatic nitrogens is 1. The first kappa shape index (κ1) is 31.8. The SMILES string of the molecule is C.CCCC[C@]1(CC)CS(=O)(=O)c2ccc(N(C)C)cc2[C@@H](c2cccc(C[n+]3ccccc3)c2)[C@H]1O.[Cl-]. The van der Waals surface area contributed by atoms with Crippen LogP contribution >= 0.6 is 0 Å². The van der Waals surface area contributed by atoms with E-state index in [1.54, 1.807) is 6.07 Å². The lowest BCUT2D eigenvalue weighted by Gasteiger charge is -2.39. The molecular weight excluding hydrogens is 516 g/mol. The highest BCUT2D eigenvalue weighted by atomic mass is 35.5. The normalized spacial score (nSPS) is 21.8. The smallest absolute Gasteiger partial charge is 0.179 e. The van der Waals surface area contributed by atoms with Gasteiger partial charge in [-0.15, -0.1) is 0 Å². The van der Waals surface area contributed by atoms with E-state index >= 15 is 0 Å². The minimum absolute atomic E-state index is 0. The summed E-state index contributed by atoms with van der Waals surface area (Å²) in [5, 5.41) is 12.1. The van der Waals surface area contributed by atoms with E-state index in [2.05, 4.69) is 23.6 Å². The molecule has 2 aromatic carbocycles. The monoisotopic (exact) mass is 558 g/mol. The lowest BCUT2D eigenvalue weighted by molar-refractivity contribution is -0.688. The molecule has 3 atom stereocenters. The van der Waals surface area contributed by atoms with E-state index < -0.39 is 27.3 Å². The van der Waals surface area contributed by atoms with Crippen LogP contribution in [-0.2, 0) is 16.4 Å². The van der Waals surface area contributed by atoms with E-state index in [0.29, 0.717) is 29.8 Å². The molecule has 4 rings (SSSR count). The maximum atomic E-state index is 13.8. The number of halogens is 1. The third-order valence-corrected chi connectivity index (χ3v) is 9.78. The molecule has 0 fully saturated rings. The van der Waals surface area contributed by atoms with E-state index in [4.69, 9.17) is 0 Å². The van der Waals surface area contributed by atoms with Gasteiger partial charge in [0.15, 0.2) is 28.8 Å². The van der Waals surface area contributed by atoms with Gasteiger partial charge in [0.05, 0.1) is 16.8 Å². The number of nitrogens with zero attached hydrogens (tertiary/aromatic N) is 2. The third-order valence-electron chi connectivity index (χ3n) is 7.79. The maximum Gasteiger partial charge on any atom is 0.179 e. The molecule has 2 heterocycles. The molecule has 208 valence electrons. The third kappa shape index (κ3) is 6.41. The van der Waals surface area contributed by atoms with Crippen molar-refractivity contribution in [1.29, 1.82) is 0 Å². The fourth-order valence-corrected chi connectivity index (χ4v) is 7.89. The number of benzene rings is 2. The minimum atomic E-state index is -3.59. The average Bonchev–Trinajstić information content (AvgIpc) is 2.94. The van der Waals surface area contributed by atoms with Crippen LogP contribution in [0.2, 0.25) is 0 Å². The van der Waals surface area contributed by atoms with Crippen LogP contribution in [0.3, 0.4) is 0 Å². The van der Waals surface area contributed by atoms with Crippen LogP contribution in [-0.4, -0.2) is 39.5 Å². The highest BCUT2D eigenvalue weighted by Gasteiger charge is 2.49. The number of rotatable bonds is 8. The standard InChI is InChI=1S/C30H39N2O3S.CH4.ClH/c1-5-7-16-30(6-2)22-36(34,35)27-15-14-25(31(3)4)20-26(27)28(29(30)33)24-13-11-12-23(19-24)21-32-17-9-8-10-18-32;;/h8-15,17-20,28-29,33H,5-7,16,21-22H2,1-4H3;1H4;1H/q+1;;/p-1/t28-,29-,30-;;/m1../s1. The molecule has 0 bridgehead atoms. The number of unbranched alkanes of at least 4 members (excludes halogenated alkanes) is 1. The topological polar surface area (TPSA) is 61.5 Å². The number of aliphatic hydroxyl groups is 1. The largest absolute Gasteiger partial charge is 1.00 e. The van der Waals surface area contributed by atoms with Gasteiger partial charge in [-0.05, 0) is 48.2 Å². The first-order valence-corrected chi connectivity index (χ1v) is 14.6. The van der Waals surface area contributed by atoms with Crippen molar-refractivity contribution >= 4 is 15.5 Å². The van der Waals surface area contributed by atoms with Crippen molar-refractivity contribution in [2.45, 2.75) is 70.4 Å². The van der Waals surface area contributed by atoms with Crippen molar-refractivity contribution < 1.29 is 30.5 Å². The summed E-state index contributed by atoms with van der Waals surface area (Å²) >= 11 is 0. The van der Waals surface area contributed by atoms with E-state index in [0.717, 1.165) is 29.7 Å². The first-order chi connectivity index (χ1) is 17.2. The molecule has 1 aliphatic heterocycles. The molecule has 38 heavy (non-hydrogen) atoms. The van der Waals surface area contributed by atoms with Crippen molar-refractivity contribution in [3.8, 4) is 0 Å². The summed E-state index contributed by atoms with van der Waals surface area (Å²) in [6.45, 7) is 4.84. The Morgan fingerprint density at radius 2 is 1.74 bits per heavy atom. The number of aliphatic hydroxyl groups excluding tert-OH is 1. The highest BCUT2D eigenvalue weighted by molar-refractivity contribution is 7.91. The Kier molecular flexibility index (Phi) is 11.0. The number of sulfone groups is 1. The Balaban J connectivity index is 0.00000253. The van der Waals surface area contributed by atoms with Crippen molar-refractivity contribution in [2.75, 3.05) is 24.7 Å². The van der Waals surface area contributed by atoms with Gasteiger partial charge in [0.2, 0.25) is 0 Å². The molecule has 0 amide bonds. The number of hydrogen-bond acceptors (Lipinski definition) is 4. The van der Waals surface area contributed by atoms with Crippen molar-refractivity contribution in [1.82, 2.24) is 0 Å². The number of pyridine rings is 1. The summed E-state index contributed by atoms with van der Waals surface area (Å²) in [5.74, 6) is -0.461. The molecule has 3 aromatic rings. The van der Waals surface area contributed by atoms with Crippen LogP contribution < -0.4 is 21.9 Å². The first-order valence-electron chi connectivity index (χ1n) is 13.0. The predicted molar refractivity (Wildman–Crippen MR) is 152 cm³/mol. The molecule has 0 unspecified atom stereocenters. The molecule has 7 heteroatoms. The van der Waals surface area contributed by atoms with E-state index in [1.165, 1.54) is 0 Å². The lowest BCUT2D eigenvalue weighted by atomic mass is 9.69. The highest BCUT2D eigenvalue weighted by Crippen LogP contribution is 2.49. The van der Waals surface area contributed by atoms with Gasteiger partial charge in [0.1, 0.15) is 0 Å². The zero-order valence-corrected chi connectivity index (χ0v) is 23.8. The van der Waals surface area contributed by atoms with Crippen LogP contribution in [0.15, 0.2) is 78.0 Å². The fourth-order valence-electron chi connectivity index (χ4n) is 5.64. The quantitative estimate of drug-likeness (QED) is 0.432. The van der Waals surface area contributed by atoms with E-state index in [-0.39, 0.29) is 25.6 Å². The molecule has 0 saturated carbocycles. The second-order valence-electron chi connectivity index (χ2n) is 10.4. The summed E-state index contributed by atoms with van der Waals surface area (Å²) in [6, 6.07) is 19.9. The average molecular weight is 559 g/mol. The van der Waals surface area contributed by atoms with Crippen molar-refractivity contribution in [3.63, 3.8) is 0 Å². The van der Waals surface area contributed by atoms with Gasteiger partial charge >= 0.3 is 0 Å². The van der Waals surface area contributed by atoms with Gasteiger partial charge in [-0.3, -0.25) is 0 Å². The summed E-state index contributed by atoms with van der Waals surface area (Å²) in [5.41, 5.74) is 2.99. The van der Waals surface area contributed by atoms with Crippen LogP contribution in [0, 0.1) is 5.41 Å². The van der Waals surface area contributed by atoms with Gasteiger partial charge in [0, 0.05) is 48.8 Å². The summed E-state index contributed by atoms with van der Waals surface area (Å²) in [4.78, 5) is 2.33. The zero-order chi connectivity index (χ0) is 25.9. The number of fused-ring (bicyclic) bond motifs is 1. The Hall–Kier alpha value is -2.41. The maximum absolute atomic E-state index is 13.8. The summed E-state index contributed by atoms with van der Waals surface area (Å²) < 4.78 is 29.7. The molecule has 0 saturated heterocycles.